The third-order valence-electron chi connectivity index (χ3n) is 3.80. The van der Waals surface area contributed by atoms with Gasteiger partial charge in [0.05, 0.1) is 17.9 Å². The van der Waals surface area contributed by atoms with E-state index >= 15 is 0 Å². The number of rotatable bonds is 6. The fourth-order valence-corrected chi connectivity index (χ4v) is 4.21. The topological polar surface area (TPSA) is 89.5 Å². The molecule has 1 N–H and O–H groups in total. The molecule has 0 aromatic heterocycles. The minimum Gasteiger partial charge on any atom is -0.456 e. The molecule has 0 radical (unpaired) electrons. The number of esters is 1. The van der Waals surface area contributed by atoms with Crippen LogP contribution in [0, 0.1) is 0 Å². The first-order valence-corrected chi connectivity index (χ1v) is 9.38. The number of ether oxygens (including phenoxy) is 1. The van der Waals surface area contributed by atoms with Crippen molar-refractivity contribution >= 4 is 21.7 Å². The van der Waals surface area contributed by atoms with Crippen LogP contribution in [0.2, 0.25) is 0 Å². The summed E-state index contributed by atoms with van der Waals surface area (Å²) in [7, 11) is -3.04. The van der Waals surface area contributed by atoms with Gasteiger partial charge in [-0.1, -0.05) is 37.3 Å². The van der Waals surface area contributed by atoms with Crippen molar-refractivity contribution in [2.24, 2.45) is 0 Å². The number of hydrogen-bond acceptors (Lipinski definition) is 5. The van der Waals surface area contributed by atoms with Crippen LogP contribution in [0.3, 0.4) is 0 Å². The van der Waals surface area contributed by atoms with Crippen LogP contribution >= 0.6 is 0 Å². The van der Waals surface area contributed by atoms with Gasteiger partial charge in [-0.2, -0.15) is 0 Å². The Morgan fingerprint density at radius 2 is 2.00 bits per heavy atom. The molecule has 7 heteroatoms. The van der Waals surface area contributed by atoms with Crippen LogP contribution in [0.15, 0.2) is 30.3 Å². The molecule has 2 atom stereocenters. The molecular weight excluding hydrogens is 318 g/mol. The number of nitrogens with one attached hydrogen (secondary N) is 1. The van der Waals surface area contributed by atoms with Gasteiger partial charge in [0.1, 0.15) is 0 Å². The first-order chi connectivity index (χ1) is 10.9. The highest BCUT2D eigenvalue weighted by Crippen LogP contribution is 2.18. The third kappa shape index (κ3) is 5.67. The molecule has 1 fully saturated rings. The summed E-state index contributed by atoms with van der Waals surface area (Å²) in [5, 5.41) is 2.58. The van der Waals surface area contributed by atoms with Gasteiger partial charge in [0, 0.05) is 6.04 Å². The number of benzene rings is 1. The van der Waals surface area contributed by atoms with Crippen LogP contribution in [0.25, 0.3) is 0 Å². The largest absolute Gasteiger partial charge is 0.456 e. The van der Waals surface area contributed by atoms with E-state index in [0.29, 0.717) is 6.42 Å². The van der Waals surface area contributed by atoms with Crippen molar-refractivity contribution in [2.75, 3.05) is 18.1 Å². The van der Waals surface area contributed by atoms with E-state index in [0.717, 1.165) is 5.56 Å². The Hall–Kier alpha value is -1.89. The van der Waals surface area contributed by atoms with Crippen molar-refractivity contribution < 1.29 is 22.7 Å². The van der Waals surface area contributed by atoms with E-state index < -0.39 is 21.7 Å². The molecule has 126 valence electrons. The van der Waals surface area contributed by atoms with Gasteiger partial charge in [-0.15, -0.1) is 0 Å². The summed E-state index contributed by atoms with van der Waals surface area (Å²) in [6.45, 7) is 1.54. The standard InChI is InChI=1S/C16H21NO5S/c1-12(13-5-3-2-4-6-13)9-16(19)22-10-15(18)17-14-7-8-23(20,21)11-14/h2-6,12,14H,7-11H2,1H3,(H,17,18)/t12-,14+/m1/s1. The van der Waals surface area contributed by atoms with E-state index in [1.807, 2.05) is 37.3 Å². The SMILES string of the molecule is C[C@H](CC(=O)OCC(=O)N[C@H]1CCS(=O)(=O)C1)c1ccccc1. The zero-order valence-corrected chi connectivity index (χ0v) is 13.8. The smallest absolute Gasteiger partial charge is 0.306 e. The lowest BCUT2D eigenvalue weighted by Gasteiger charge is -2.13. The maximum atomic E-state index is 11.8. The van der Waals surface area contributed by atoms with Crippen molar-refractivity contribution in [1.29, 1.82) is 0 Å². The molecule has 0 aliphatic carbocycles. The average molecular weight is 339 g/mol. The highest BCUT2D eigenvalue weighted by atomic mass is 32.2. The molecule has 1 aliphatic heterocycles. The Kier molecular flexibility index (Phi) is 5.76. The van der Waals surface area contributed by atoms with Crippen LogP contribution in [0.4, 0.5) is 0 Å². The normalized spacial score (nSPS) is 20.7. The van der Waals surface area contributed by atoms with Gasteiger partial charge >= 0.3 is 5.97 Å². The monoisotopic (exact) mass is 339 g/mol. The van der Waals surface area contributed by atoms with Crippen LogP contribution in [-0.2, 0) is 24.2 Å². The quantitative estimate of drug-likeness (QED) is 0.782. The van der Waals surface area contributed by atoms with Gasteiger partial charge in [0.15, 0.2) is 16.4 Å². The highest BCUT2D eigenvalue weighted by Gasteiger charge is 2.29. The molecule has 1 amide bonds. The van der Waals surface area contributed by atoms with Crippen LogP contribution in [-0.4, -0.2) is 44.4 Å². The molecule has 0 spiro atoms. The van der Waals surface area contributed by atoms with E-state index in [9.17, 15) is 18.0 Å². The molecule has 2 rings (SSSR count). The summed E-state index contributed by atoms with van der Waals surface area (Å²) < 4.78 is 27.6. The molecule has 0 unspecified atom stereocenters. The predicted molar refractivity (Wildman–Crippen MR) is 85.6 cm³/mol. The van der Waals surface area contributed by atoms with Crippen molar-refractivity contribution in [2.45, 2.75) is 31.7 Å². The van der Waals surface area contributed by atoms with Crippen molar-refractivity contribution in [1.82, 2.24) is 5.32 Å². The first-order valence-electron chi connectivity index (χ1n) is 7.56. The lowest BCUT2D eigenvalue weighted by Crippen LogP contribution is -2.38. The zero-order chi connectivity index (χ0) is 16.9. The summed E-state index contributed by atoms with van der Waals surface area (Å²) in [5.74, 6) is -0.862. The Morgan fingerprint density at radius 3 is 2.61 bits per heavy atom. The van der Waals surface area contributed by atoms with Gasteiger partial charge in [-0.05, 0) is 17.9 Å². The average Bonchev–Trinajstić information content (AvgIpc) is 2.85. The second kappa shape index (κ2) is 7.59. The molecule has 6 nitrogen and oxygen atoms in total. The van der Waals surface area contributed by atoms with E-state index in [4.69, 9.17) is 4.74 Å². The number of carbonyl (C=O) groups excluding carboxylic acids is 2. The summed E-state index contributed by atoms with van der Waals surface area (Å²) in [5.41, 5.74) is 1.03. The Balaban J connectivity index is 1.71. The number of amides is 1. The Morgan fingerprint density at radius 1 is 1.30 bits per heavy atom. The summed E-state index contributed by atoms with van der Waals surface area (Å²) in [6, 6.07) is 9.20. The highest BCUT2D eigenvalue weighted by molar-refractivity contribution is 7.91. The van der Waals surface area contributed by atoms with Crippen LogP contribution in [0.5, 0.6) is 0 Å². The van der Waals surface area contributed by atoms with Crippen molar-refractivity contribution in [3.05, 3.63) is 35.9 Å². The van der Waals surface area contributed by atoms with E-state index in [1.165, 1.54) is 0 Å². The van der Waals surface area contributed by atoms with E-state index in [1.54, 1.807) is 0 Å². The molecule has 1 aliphatic rings. The Bertz CT molecular complexity index is 656. The molecule has 1 aromatic carbocycles. The molecule has 1 heterocycles. The van der Waals surface area contributed by atoms with Gasteiger partial charge in [0.25, 0.3) is 5.91 Å². The van der Waals surface area contributed by atoms with E-state index in [-0.39, 0.29) is 36.5 Å². The first kappa shape index (κ1) is 17.5. The fraction of sp³-hybridized carbons (Fsp3) is 0.500. The minimum absolute atomic E-state index is 0.00624. The van der Waals surface area contributed by atoms with Gasteiger partial charge in [0.2, 0.25) is 0 Å². The summed E-state index contributed by atoms with van der Waals surface area (Å²) in [6.07, 6.45) is 0.599. The lowest BCUT2D eigenvalue weighted by atomic mass is 9.98. The maximum absolute atomic E-state index is 11.8. The predicted octanol–water partition coefficient (Wildman–Crippen LogP) is 1.03. The zero-order valence-electron chi connectivity index (χ0n) is 13.0. The summed E-state index contributed by atoms with van der Waals surface area (Å²) in [4.78, 5) is 23.5. The molecule has 0 saturated carbocycles. The van der Waals surface area contributed by atoms with Crippen LogP contribution < -0.4 is 5.32 Å². The number of carbonyl (C=O) groups is 2. The molecule has 0 bridgehead atoms. The second-order valence-electron chi connectivity index (χ2n) is 5.84. The maximum Gasteiger partial charge on any atom is 0.306 e. The van der Waals surface area contributed by atoms with E-state index in [2.05, 4.69) is 5.32 Å². The van der Waals surface area contributed by atoms with Gasteiger partial charge < -0.3 is 10.1 Å². The van der Waals surface area contributed by atoms with Gasteiger partial charge in [-0.3, -0.25) is 9.59 Å². The second-order valence-corrected chi connectivity index (χ2v) is 8.07. The molecule has 1 saturated heterocycles. The number of hydrogen-bond donors (Lipinski definition) is 1. The minimum atomic E-state index is -3.04. The van der Waals surface area contributed by atoms with Crippen LogP contribution in [0.1, 0.15) is 31.2 Å². The molecule has 1 aromatic rings. The van der Waals surface area contributed by atoms with Crippen molar-refractivity contribution in [3.63, 3.8) is 0 Å². The fourth-order valence-electron chi connectivity index (χ4n) is 2.53. The molecule has 23 heavy (non-hydrogen) atoms. The molecular formula is C16H21NO5S. The van der Waals surface area contributed by atoms with Gasteiger partial charge in [-0.25, -0.2) is 8.42 Å². The third-order valence-corrected chi connectivity index (χ3v) is 5.57. The Labute approximate surface area is 136 Å². The summed E-state index contributed by atoms with van der Waals surface area (Å²) >= 11 is 0. The number of sulfone groups is 1. The van der Waals surface area contributed by atoms with Crippen molar-refractivity contribution in [3.8, 4) is 0 Å². The lowest BCUT2D eigenvalue weighted by molar-refractivity contribution is -0.149.